The maximum absolute atomic E-state index is 13.1. The van der Waals surface area contributed by atoms with Crippen LogP contribution in [0.2, 0.25) is 0 Å². The van der Waals surface area contributed by atoms with E-state index >= 15 is 0 Å². The molecule has 1 aromatic heterocycles. The zero-order valence-electron chi connectivity index (χ0n) is 14.8. The molecule has 9 heteroatoms. The number of anilines is 2. The Morgan fingerprint density at radius 2 is 2.07 bits per heavy atom. The third-order valence-corrected chi connectivity index (χ3v) is 4.30. The lowest BCUT2D eigenvalue weighted by atomic mass is 10.1. The van der Waals surface area contributed by atoms with E-state index in [0.29, 0.717) is 17.0 Å². The van der Waals surface area contributed by atoms with Gasteiger partial charge < -0.3 is 10.1 Å². The number of benzene rings is 2. The predicted molar refractivity (Wildman–Crippen MR) is 99.3 cm³/mol. The molecule has 1 unspecified atom stereocenters. The van der Waals surface area contributed by atoms with E-state index in [9.17, 15) is 14.0 Å². The van der Waals surface area contributed by atoms with Crippen LogP contribution in [0, 0.1) is 5.82 Å². The van der Waals surface area contributed by atoms with E-state index < -0.39 is 11.9 Å². The number of fused-ring (bicyclic) bond motifs is 1. The molecule has 142 valence electrons. The van der Waals surface area contributed by atoms with E-state index in [0.717, 1.165) is 0 Å². The summed E-state index contributed by atoms with van der Waals surface area (Å²) in [5.41, 5.74) is 1.11. The average Bonchev–Trinajstić information content (AvgIpc) is 3.11. The number of amides is 2. The number of nitrogens with one attached hydrogen (secondary N) is 2. The van der Waals surface area contributed by atoms with Crippen LogP contribution < -0.4 is 15.4 Å². The molecule has 8 nitrogen and oxygen atoms in total. The molecule has 0 bridgehead atoms. The lowest BCUT2D eigenvalue weighted by molar-refractivity contribution is -0.125. The average molecular weight is 381 g/mol. The van der Waals surface area contributed by atoms with E-state index in [4.69, 9.17) is 4.74 Å². The fourth-order valence-electron chi connectivity index (χ4n) is 2.92. The fourth-order valence-corrected chi connectivity index (χ4v) is 2.92. The summed E-state index contributed by atoms with van der Waals surface area (Å²) in [6.45, 7) is 0. The second-order valence-corrected chi connectivity index (χ2v) is 6.20. The molecule has 0 saturated carbocycles. The number of halogens is 1. The van der Waals surface area contributed by atoms with E-state index in [1.54, 1.807) is 24.3 Å². The van der Waals surface area contributed by atoms with Gasteiger partial charge in [-0.25, -0.2) is 9.07 Å². The zero-order chi connectivity index (χ0) is 19.7. The van der Waals surface area contributed by atoms with Crippen LogP contribution in [0.4, 0.5) is 16.0 Å². The molecule has 0 saturated heterocycles. The summed E-state index contributed by atoms with van der Waals surface area (Å²) < 4.78 is 19.7. The number of nitrogens with zero attached hydrogens (tertiary/aromatic N) is 3. The van der Waals surface area contributed by atoms with Gasteiger partial charge in [-0.2, -0.15) is 4.98 Å². The lowest BCUT2D eigenvalue weighted by Gasteiger charge is -2.22. The minimum atomic E-state index is -0.864. The highest BCUT2D eigenvalue weighted by Gasteiger charge is 2.33. The quantitative estimate of drug-likeness (QED) is 0.724. The molecule has 3 aromatic rings. The summed E-state index contributed by atoms with van der Waals surface area (Å²) in [5.74, 6) is -0.0650. The van der Waals surface area contributed by atoms with Crippen molar-refractivity contribution in [1.29, 1.82) is 0 Å². The Balaban J connectivity index is 1.63. The fraction of sp³-hybridized carbons (Fsp3) is 0.158. The minimum absolute atomic E-state index is 0.0744. The molecule has 0 aliphatic carbocycles. The van der Waals surface area contributed by atoms with Crippen LogP contribution in [0.1, 0.15) is 12.5 Å². The Morgan fingerprint density at radius 1 is 1.29 bits per heavy atom. The van der Waals surface area contributed by atoms with Gasteiger partial charge in [0.1, 0.15) is 17.6 Å². The molecule has 4 rings (SSSR count). The maximum atomic E-state index is 13.1. The Morgan fingerprint density at radius 3 is 2.82 bits per heavy atom. The first kappa shape index (κ1) is 17.7. The van der Waals surface area contributed by atoms with E-state index in [-0.39, 0.29) is 29.9 Å². The number of hydrogen-bond donors (Lipinski definition) is 2. The Labute approximate surface area is 159 Å². The monoisotopic (exact) mass is 381 g/mol. The topological polar surface area (TPSA) is 98.1 Å². The molecule has 28 heavy (non-hydrogen) atoms. The van der Waals surface area contributed by atoms with Crippen LogP contribution in [0.15, 0.2) is 48.5 Å². The minimum Gasteiger partial charge on any atom is -0.497 e. The zero-order valence-corrected chi connectivity index (χ0v) is 14.8. The van der Waals surface area contributed by atoms with Crippen molar-refractivity contribution in [2.75, 3.05) is 17.7 Å². The van der Waals surface area contributed by atoms with Gasteiger partial charge in [0, 0.05) is 17.3 Å². The smallest absolute Gasteiger partial charge is 0.249 e. The van der Waals surface area contributed by atoms with Gasteiger partial charge in [0.25, 0.3) is 0 Å². The van der Waals surface area contributed by atoms with Crippen molar-refractivity contribution in [2.45, 2.75) is 12.5 Å². The molecule has 0 fully saturated rings. The number of carbonyl (C=O) groups is 2. The van der Waals surface area contributed by atoms with Crippen LogP contribution in [0.3, 0.4) is 0 Å². The first-order valence-electron chi connectivity index (χ1n) is 8.51. The number of rotatable bonds is 4. The Bertz CT molecular complexity index is 1050. The third kappa shape index (κ3) is 3.41. The van der Waals surface area contributed by atoms with E-state index in [1.807, 2.05) is 0 Å². The first-order chi connectivity index (χ1) is 13.5. The van der Waals surface area contributed by atoms with Gasteiger partial charge in [-0.3, -0.25) is 14.9 Å². The molecule has 2 aromatic carbocycles. The van der Waals surface area contributed by atoms with Crippen molar-refractivity contribution in [2.24, 2.45) is 0 Å². The molecular weight excluding hydrogens is 365 g/mol. The van der Waals surface area contributed by atoms with Crippen molar-refractivity contribution in [3.05, 3.63) is 54.3 Å². The molecule has 2 amide bonds. The van der Waals surface area contributed by atoms with E-state index in [1.165, 1.54) is 36.1 Å². The first-order valence-corrected chi connectivity index (χ1v) is 8.51. The summed E-state index contributed by atoms with van der Waals surface area (Å²) in [6.07, 6.45) is -0.0744. The standard InChI is InChI=1S/C19H16FN5O3/c1-28-14-4-2-3-13(9-14)21-18(27)15-10-16(26)22-19-23-17(24-25(15)19)11-5-7-12(20)8-6-11/h2-9,15H,10H2,1H3,(H,21,27)(H,22,23,24,26). The highest BCUT2D eigenvalue weighted by molar-refractivity contribution is 6.00. The Hall–Kier alpha value is -3.75. The van der Waals surface area contributed by atoms with Gasteiger partial charge in [-0.1, -0.05) is 6.07 Å². The summed E-state index contributed by atoms with van der Waals surface area (Å²) in [5, 5.41) is 9.72. The molecular formula is C19H16FN5O3. The van der Waals surface area contributed by atoms with Crippen LogP contribution in [0.5, 0.6) is 5.75 Å². The van der Waals surface area contributed by atoms with Crippen molar-refractivity contribution in [3.63, 3.8) is 0 Å². The van der Waals surface area contributed by atoms with Crippen molar-refractivity contribution < 1.29 is 18.7 Å². The van der Waals surface area contributed by atoms with Crippen LogP contribution in [-0.2, 0) is 9.59 Å². The largest absolute Gasteiger partial charge is 0.497 e. The lowest BCUT2D eigenvalue weighted by Crippen LogP contribution is -2.36. The van der Waals surface area contributed by atoms with E-state index in [2.05, 4.69) is 20.7 Å². The molecule has 2 heterocycles. The summed E-state index contributed by atoms with van der Waals surface area (Å²) in [7, 11) is 1.53. The number of methoxy groups -OCH3 is 1. The van der Waals surface area contributed by atoms with Gasteiger partial charge >= 0.3 is 0 Å². The number of hydrogen-bond acceptors (Lipinski definition) is 5. The summed E-state index contributed by atoms with van der Waals surface area (Å²) in [6, 6.07) is 11.7. The molecule has 0 spiro atoms. The number of aromatic nitrogens is 3. The molecule has 1 aliphatic heterocycles. The predicted octanol–water partition coefficient (Wildman–Crippen LogP) is 2.61. The molecule has 1 aliphatic rings. The highest BCUT2D eigenvalue weighted by atomic mass is 19.1. The van der Waals surface area contributed by atoms with Crippen molar-refractivity contribution >= 4 is 23.5 Å². The van der Waals surface area contributed by atoms with Crippen LogP contribution in [0.25, 0.3) is 11.4 Å². The second-order valence-electron chi connectivity index (χ2n) is 6.20. The van der Waals surface area contributed by atoms with Crippen LogP contribution >= 0.6 is 0 Å². The van der Waals surface area contributed by atoms with Crippen LogP contribution in [-0.4, -0.2) is 33.7 Å². The SMILES string of the molecule is COc1cccc(NC(=O)C2CC(=O)Nc3nc(-c4ccc(F)cc4)nn32)c1. The Kier molecular flexibility index (Phi) is 4.48. The van der Waals surface area contributed by atoms with Gasteiger partial charge in [-0.05, 0) is 36.4 Å². The molecule has 0 radical (unpaired) electrons. The van der Waals surface area contributed by atoms with Crippen molar-refractivity contribution in [3.8, 4) is 17.1 Å². The summed E-state index contributed by atoms with van der Waals surface area (Å²) >= 11 is 0. The van der Waals surface area contributed by atoms with Gasteiger partial charge in [0.05, 0.1) is 13.5 Å². The van der Waals surface area contributed by atoms with Gasteiger partial charge in [0.15, 0.2) is 5.82 Å². The normalized spacial score (nSPS) is 15.5. The van der Waals surface area contributed by atoms with Gasteiger partial charge in [0.2, 0.25) is 17.8 Å². The van der Waals surface area contributed by atoms with Crippen molar-refractivity contribution in [1.82, 2.24) is 14.8 Å². The third-order valence-electron chi connectivity index (χ3n) is 4.30. The number of ether oxygens (including phenoxy) is 1. The number of carbonyl (C=O) groups excluding carboxylic acids is 2. The summed E-state index contributed by atoms with van der Waals surface area (Å²) in [4.78, 5) is 29.1. The van der Waals surface area contributed by atoms with Gasteiger partial charge in [-0.15, -0.1) is 5.10 Å². The maximum Gasteiger partial charge on any atom is 0.249 e. The molecule has 2 N–H and O–H groups in total. The second kappa shape index (κ2) is 7.10. The molecule has 1 atom stereocenters. The highest BCUT2D eigenvalue weighted by Crippen LogP contribution is 2.28.